The fraction of sp³-hybridized carbons (Fsp3) is 0.444. The minimum Gasteiger partial charge on any atom is -0.493 e. The Kier molecular flexibility index (Phi) is 7.02. The summed E-state index contributed by atoms with van der Waals surface area (Å²) >= 11 is 0. The summed E-state index contributed by atoms with van der Waals surface area (Å²) in [6.07, 6.45) is 7.33. The van der Waals surface area contributed by atoms with Crippen molar-refractivity contribution in [2.24, 2.45) is 0 Å². The minimum absolute atomic E-state index is 0.136. The highest BCUT2D eigenvalue weighted by Gasteiger charge is 2.28. The van der Waals surface area contributed by atoms with Crippen LogP contribution in [0.5, 0.6) is 17.2 Å². The van der Waals surface area contributed by atoms with Crippen molar-refractivity contribution < 1.29 is 28.5 Å². The smallest absolute Gasteiger partial charge is 0.294 e. The summed E-state index contributed by atoms with van der Waals surface area (Å²) in [6, 6.07) is 13.5. The normalized spacial score (nSPS) is 20.3. The molecule has 7 heteroatoms. The van der Waals surface area contributed by atoms with Gasteiger partial charge in [-0.05, 0) is 73.9 Å². The minimum atomic E-state index is -0.178. The summed E-state index contributed by atoms with van der Waals surface area (Å²) < 4.78 is 28.5. The van der Waals surface area contributed by atoms with Crippen LogP contribution in [0.15, 0.2) is 54.3 Å². The summed E-state index contributed by atoms with van der Waals surface area (Å²) in [6.45, 7) is 2.01. The molecule has 2 aromatic carbocycles. The van der Waals surface area contributed by atoms with Crippen LogP contribution >= 0.6 is 0 Å². The van der Waals surface area contributed by atoms with E-state index in [1.807, 2.05) is 24.3 Å². The molecule has 1 saturated carbocycles. The van der Waals surface area contributed by atoms with Crippen molar-refractivity contribution in [2.45, 2.75) is 44.3 Å². The lowest BCUT2D eigenvalue weighted by Gasteiger charge is -2.23. The van der Waals surface area contributed by atoms with Crippen molar-refractivity contribution in [1.29, 1.82) is 0 Å². The number of amides is 1. The lowest BCUT2D eigenvalue weighted by atomic mass is 10.1. The Balaban J connectivity index is 1.15. The first-order chi connectivity index (χ1) is 16.7. The Bertz CT molecular complexity index is 1020. The van der Waals surface area contributed by atoms with Crippen LogP contribution in [0, 0.1) is 0 Å². The van der Waals surface area contributed by atoms with Gasteiger partial charge in [0, 0.05) is 24.9 Å². The van der Waals surface area contributed by atoms with Gasteiger partial charge < -0.3 is 28.6 Å². The number of carbonyl (C=O) groups is 1. The Hall–Kier alpha value is -3.03. The molecule has 0 radical (unpaired) electrons. The molecule has 180 valence electrons. The summed E-state index contributed by atoms with van der Waals surface area (Å²) in [5, 5.41) is 0. The van der Waals surface area contributed by atoms with E-state index in [2.05, 4.69) is 12.1 Å². The van der Waals surface area contributed by atoms with E-state index >= 15 is 0 Å². The molecule has 3 aliphatic rings. The molecule has 2 aliphatic heterocycles. The highest BCUT2D eigenvalue weighted by Crippen LogP contribution is 2.40. The molecule has 1 saturated heterocycles. The Morgan fingerprint density at radius 2 is 1.85 bits per heavy atom. The van der Waals surface area contributed by atoms with Crippen LogP contribution in [0.1, 0.15) is 43.6 Å². The van der Waals surface area contributed by atoms with Gasteiger partial charge in [-0.3, -0.25) is 4.79 Å². The zero-order chi connectivity index (χ0) is 23.3. The molecule has 1 aliphatic carbocycles. The number of nitrogens with zero attached hydrogens (tertiary/aromatic N) is 1. The van der Waals surface area contributed by atoms with Crippen molar-refractivity contribution in [2.75, 3.05) is 38.4 Å². The fourth-order valence-corrected chi connectivity index (χ4v) is 4.25. The average Bonchev–Trinajstić information content (AvgIpc) is 3.67. The van der Waals surface area contributed by atoms with Crippen molar-refractivity contribution >= 4 is 11.6 Å². The van der Waals surface area contributed by atoms with E-state index < -0.39 is 0 Å². The predicted molar refractivity (Wildman–Crippen MR) is 128 cm³/mol. The third-order valence-electron chi connectivity index (χ3n) is 6.31. The van der Waals surface area contributed by atoms with Gasteiger partial charge in [0.1, 0.15) is 12.4 Å². The van der Waals surface area contributed by atoms with Crippen LogP contribution in [0.2, 0.25) is 0 Å². The van der Waals surface area contributed by atoms with Crippen molar-refractivity contribution in [3.05, 3.63) is 59.9 Å². The molecule has 2 fully saturated rings. The van der Waals surface area contributed by atoms with Gasteiger partial charge in [0.2, 0.25) is 0 Å². The quantitative estimate of drug-likeness (QED) is 0.470. The molecule has 7 nitrogen and oxygen atoms in total. The average molecular weight is 466 g/mol. The molecule has 0 spiro atoms. The van der Waals surface area contributed by atoms with Gasteiger partial charge in [-0.1, -0.05) is 12.1 Å². The number of hydrogen-bond donors (Lipinski definition) is 0. The Morgan fingerprint density at radius 3 is 2.59 bits per heavy atom. The molecule has 5 rings (SSSR count). The zero-order valence-electron chi connectivity index (χ0n) is 19.5. The topological polar surface area (TPSA) is 66.5 Å². The number of benzene rings is 2. The van der Waals surface area contributed by atoms with Gasteiger partial charge in [0.25, 0.3) is 5.91 Å². The summed E-state index contributed by atoms with van der Waals surface area (Å²) in [4.78, 5) is 14.6. The molecular formula is C27H31NO6. The first kappa shape index (κ1) is 22.7. The second kappa shape index (κ2) is 10.5. The fourth-order valence-electron chi connectivity index (χ4n) is 4.25. The molecule has 1 unspecified atom stereocenters. The maximum atomic E-state index is 13.0. The van der Waals surface area contributed by atoms with Gasteiger partial charge in [0.05, 0.1) is 13.7 Å². The van der Waals surface area contributed by atoms with E-state index in [4.69, 9.17) is 23.7 Å². The molecule has 0 N–H and O–H groups in total. The van der Waals surface area contributed by atoms with Crippen molar-refractivity contribution in [3.63, 3.8) is 0 Å². The van der Waals surface area contributed by atoms with E-state index in [1.54, 1.807) is 24.2 Å². The van der Waals surface area contributed by atoms with E-state index in [1.165, 1.54) is 18.4 Å². The number of methoxy groups -OCH3 is 1. The molecule has 2 aromatic rings. The van der Waals surface area contributed by atoms with Crippen LogP contribution in [-0.4, -0.2) is 45.7 Å². The first-order valence-corrected chi connectivity index (χ1v) is 12.0. The number of hydrogen-bond acceptors (Lipinski definition) is 6. The van der Waals surface area contributed by atoms with Crippen LogP contribution in [0.3, 0.4) is 0 Å². The summed E-state index contributed by atoms with van der Waals surface area (Å²) in [5.41, 5.74) is 2.06. The largest absolute Gasteiger partial charge is 0.493 e. The van der Waals surface area contributed by atoms with Gasteiger partial charge in [-0.2, -0.15) is 0 Å². The number of rotatable bonds is 10. The van der Waals surface area contributed by atoms with E-state index in [0.717, 1.165) is 31.6 Å². The monoisotopic (exact) mass is 465 g/mol. The predicted octanol–water partition coefficient (Wildman–Crippen LogP) is 4.80. The maximum Gasteiger partial charge on any atom is 0.294 e. The number of ether oxygens (including phenoxy) is 5. The third kappa shape index (κ3) is 5.37. The highest BCUT2D eigenvalue weighted by molar-refractivity contribution is 6.07. The van der Waals surface area contributed by atoms with E-state index in [0.29, 0.717) is 48.7 Å². The van der Waals surface area contributed by atoms with Crippen LogP contribution in [0.25, 0.3) is 0 Å². The van der Waals surface area contributed by atoms with Crippen molar-refractivity contribution in [1.82, 2.24) is 0 Å². The standard InChI is InChI=1S/C27H31NO6/c1-30-25-18-21(9-12-23(25)31-16-17-33-26-4-2-3-15-32-26)28-14-13-24(27(28)29)34-22-10-7-20(8-11-22)19-5-6-19/h7-13,18-19,26H,2-6,14-17H2,1H3. The molecule has 1 amide bonds. The summed E-state index contributed by atoms with van der Waals surface area (Å²) in [7, 11) is 1.59. The summed E-state index contributed by atoms with van der Waals surface area (Å²) in [5.74, 6) is 2.68. The number of anilines is 1. The number of carbonyl (C=O) groups excluding carboxylic acids is 1. The molecule has 2 heterocycles. The lowest BCUT2D eigenvalue weighted by molar-refractivity contribution is -0.165. The van der Waals surface area contributed by atoms with Crippen LogP contribution < -0.4 is 19.1 Å². The van der Waals surface area contributed by atoms with Gasteiger partial charge in [-0.15, -0.1) is 0 Å². The van der Waals surface area contributed by atoms with E-state index in [9.17, 15) is 4.79 Å². The molecule has 0 bridgehead atoms. The first-order valence-electron chi connectivity index (χ1n) is 12.0. The molecule has 1 atom stereocenters. The van der Waals surface area contributed by atoms with Crippen LogP contribution in [-0.2, 0) is 14.3 Å². The van der Waals surface area contributed by atoms with Crippen LogP contribution in [0.4, 0.5) is 5.69 Å². The Labute approximate surface area is 200 Å². The maximum absolute atomic E-state index is 13.0. The van der Waals surface area contributed by atoms with Gasteiger partial charge >= 0.3 is 0 Å². The zero-order valence-corrected chi connectivity index (χ0v) is 19.5. The van der Waals surface area contributed by atoms with Gasteiger partial charge in [-0.25, -0.2) is 0 Å². The molecule has 34 heavy (non-hydrogen) atoms. The Morgan fingerprint density at radius 1 is 1.00 bits per heavy atom. The highest BCUT2D eigenvalue weighted by atomic mass is 16.7. The van der Waals surface area contributed by atoms with Crippen molar-refractivity contribution in [3.8, 4) is 17.2 Å². The second-order valence-electron chi connectivity index (χ2n) is 8.78. The third-order valence-corrected chi connectivity index (χ3v) is 6.31. The van der Waals surface area contributed by atoms with E-state index in [-0.39, 0.29) is 12.2 Å². The second-order valence-corrected chi connectivity index (χ2v) is 8.78. The molecular weight excluding hydrogens is 434 g/mol. The lowest BCUT2D eigenvalue weighted by Crippen LogP contribution is -2.27. The molecule has 0 aromatic heterocycles. The SMILES string of the molecule is COc1cc(N2CC=C(Oc3ccc(C4CC4)cc3)C2=O)ccc1OCCOC1CCCCO1. The van der Waals surface area contributed by atoms with Gasteiger partial charge in [0.15, 0.2) is 23.5 Å².